The predicted octanol–water partition coefficient (Wildman–Crippen LogP) is 2.49. The first-order valence-electron chi connectivity index (χ1n) is 5.04. The lowest BCUT2D eigenvalue weighted by atomic mass is 10.2. The average molecular weight is 303 g/mol. The molecule has 1 aliphatic rings. The smallest absolute Gasteiger partial charge is 0.140 e. The van der Waals surface area contributed by atoms with Gasteiger partial charge in [0.25, 0.3) is 0 Å². The zero-order chi connectivity index (χ0) is 10.1. The SMILES string of the molecule is CCCc1nc(N)c(I)c(C2CC2)n1. The van der Waals surface area contributed by atoms with E-state index in [2.05, 4.69) is 39.5 Å². The zero-order valence-electron chi connectivity index (χ0n) is 8.26. The quantitative estimate of drug-likeness (QED) is 0.873. The zero-order valence-corrected chi connectivity index (χ0v) is 10.4. The number of nitrogen functional groups attached to an aromatic ring is 1. The molecule has 4 heteroatoms. The fourth-order valence-corrected chi connectivity index (χ4v) is 2.18. The summed E-state index contributed by atoms with van der Waals surface area (Å²) in [7, 11) is 0. The highest BCUT2D eigenvalue weighted by Crippen LogP contribution is 2.41. The molecule has 0 saturated heterocycles. The summed E-state index contributed by atoms with van der Waals surface area (Å²) in [4.78, 5) is 8.88. The van der Waals surface area contributed by atoms with Crippen LogP contribution in [0, 0.1) is 3.57 Å². The van der Waals surface area contributed by atoms with E-state index < -0.39 is 0 Å². The molecule has 1 aromatic heterocycles. The number of anilines is 1. The number of nitrogens with two attached hydrogens (primary N) is 1. The van der Waals surface area contributed by atoms with Gasteiger partial charge in [0.15, 0.2) is 0 Å². The second-order valence-electron chi connectivity index (χ2n) is 3.75. The summed E-state index contributed by atoms with van der Waals surface area (Å²) < 4.78 is 1.06. The number of rotatable bonds is 3. The number of hydrogen-bond donors (Lipinski definition) is 1. The van der Waals surface area contributed by atoms with Crippen LogP contribution < -0.4 is 5.73 Å². The summed E-state index contributed by atoms with van der Waals surface area (Å²) in [6.45, 7) is 2.13. The number of halogens is 1. The van der Waals surface area contributed by atoms with Crippen LogP contribution in [0.1, 0.15) is 43.6 Å². The molecule has 14 heavy (non-hydrogen) atoms. The molecule has 76 valence electrons. The molecule has 1 aromatic rings. The maximum atomic E-state index is 5.86. The fraction of sp³-hybridized carbons (Fsp3) is 0.600. The highest BCUT2D eigenvalue weighted by molar-refractivity contribution is 14.1. The Labute approximate surface area is 97.7 Å². The van der Waals surface area contributed by atoms with Gasteiger partial charge in [0, 0.05) is 12.3 Å². The lowest BCUT2D eigenvalue weighted by Crippen LogP contribution is -2.06. The van der Waals surface area contributed by atoms with Crippen LogP contribution >= 0.6 is 22.6 Å². The Balaban J connectivity index is 2.36. The molecule has 1 aliphatic carbocycles. The van der Waals surface area contributed by atoms with Crippen molar-refractivity contribution < 1.29 is 0 Å². The molecule has 0 bridgehead atoms. The van der Waals surface area contributed by atoms with Crippen molar-refractivity contribution >= 4 is 28.4 Å². The second kappa shape index (κ2) is 4.00. The van der Waals surface area contributed by atoms with Crippen molar-refractivity contribution in [1.29, 1.82) is 0 Å². The third kappa shape index (κ3) is 1.99. The van der Waals surface area contributed by atoms with Gasteiger partial charge >= 0.3 is 0 Å². The maximum Gasteiger partial charge on any atom is 0.140 e. The average Bonchev–Trinajstić information content (AvgIpc) is 2.94. The number of aromatic nitrogens is 2. The van der Waals surface area contributed by atoms with Crippen LogP contribution in [-0.2, 0) is 6.42 Å². The Morgan fingerprint density at radius 3 is 2.71 bits per heavy atom. The summed E-state index contributed by atoms with van der Waals surface area (Å²) in [5, 5.41) is 0. The normalized spacial score (nSPS) is 15.9. The Bertz CT molecular complexity index is 347. The molecular weight excluding hydrogens is 289 g/mol. The standard InChI is InChI=1S/C10H14IN3/c1-2-3-7-13-9(6-4-5-6)8(11)10(12)14-7/h6H,2-5H2,1H3,(H2,12,13,14). The van der Waals surface area contributed by atoms with E-state index in [1.165, 1.54) is 18.5 Å². The van der Waals surface area contributed by atoms with Gasteiger partial charge in [-0.3, -0.25) is 0 Å². The fourth-order valence-electron chi connectivity index (χ4n) is 1.50. The summed E-state index contributed by atoms with van der Waals surface area (Å²) in [6.07, 6.45) is 4.53. The Hall–Kier alpha value is -0.390. The number of aryl methyl sites for hydroxylation is 1. The molecule has 0 aromatic carbocycles. The summed E-state index contributed by atoms with van der Waals surface area (Å²) in [6, 6.07) is 0. The minimum atomic E-state index is 0.655. The van der Waals surface area contributed by atoms with E-state index in [1.54, 1.807) is 0 Å². The van der Waals surface area contributed by atoms with Crippen LogP contribution in [0.5, 0.6) is 0 Å². The van der Waals surface area contributed by atoms with Gasteiger partial charge in [0.1, 0.15) is 11.6 Å². The van der Waals surface area contributed by atoms with Crippen molar-refractivity contribution in [3.05, 3.63) is 15.1 Å². The van der Waals surface area contributed by atoms with Crippen LogP contribution in [0.4, 0.5) is 5.82 Å². The first kappa shape index (κ1) is 10.1. The topological polar surface area (TPSA) is 51.8 Å². The van der Waals surface area contributed by atoms with Gasteiger partial charge in [0.05, 0.1) is 9.26 Å². The Kier molecular flexibility index (Phi) is 2.90. The van der Waals surface area contributed by atoms with E-state index in [1.807, 2.05) is 0 Å². The summed E-state index contributed by atoms with van der Waals surface area (Å²) >= 11 is 2.26. The van der Waals surface area contributed by atoms with E-state index in [-0.39, 0.29) is 0 Å². The van der Waals surface area contributed by atoms with Crippen LogP contribution in [0.25, 0.3) is 0 Å². The molecule has 1 fully saturated rings. The van der Waals surface area contributed by atoms with E-state index in [0.29, 0.717) is 11.7 Å². The van der Waals surface area contributed by atoms with Crippen molar-refractivity contribution in [3.8, 4) is 0 Å². The minimum absolute atomic E-state index is 0.655. The van der Waals surface area contributed by atoms with Gasteiger partial charge in [-0.05, 0) is 41.9 Å². The Morgan fingerprint density at radius 1 is 1.43 bits per heavy atom. The molecule has 1 saturated carbocycles. The highest BCUT2D eigenvalue weighted by Gasteiger charge is 2.28. The third-order valence-corrected chi connectivity index (χ3v) is 3.49. The number of hydrogen-bond acceptors (Lipinski definition) is 3. The Morgan fingerprint density at radius 2 is 2.14 bits per heavy atom. The van der Waals surface area contributed by atoms with E-state index >= 15 is 0 Å². The van der Waals surface area contributed by atoms with Crippen molar-refractivity contribution in [1.82, 2.24) is 9.97 Å². The van der Waals surface area contributed by atoms with Crippen molar-refractivity contribution in [3.63, 3.8) is 0 Å². The van der Waals surface area contributed by atoms with Crippen molar-refractivity contribution in [2.45, 2.75) is 38.5 Å². The van der Waals surface area contributed by atoms with E-state index in [0.717, 1.165) is 22.2 Å². The summed E-state index contributed by atoms with van der Waals surface area (Å²) in [5.74, 6) is 2.22. The molecule has 0 unspecified atom stereocenters. The molecular formula is C10H14IN3. The molecule has 0 atom stereocenters. The van der Waals surface area contributed by atoms with Gasteiger partial charge in [-0.1, -0.05) is 6.92 Å². The highest BCUT2D eigenvalue weighted by atomic mass is 127. The van der Waals surface area contributed by atoms with Gasteiger partial charge < -0.3 is 5.73 Å². The molecule has 2 N–H and O–H groups in total. The van der Waals surface area contributed by atoms with Gasteiger partial charge in [-0.15, -0.1) is 0 Å². The van der Waals surface area contributed by atoms with Gasteiger partial charge in [0.2, 0.25) is 0 Å². The molecule has 3 nitrogen and oxygen atoms in total. The van der Waals surface area contributed by atoms with Gasteiger partial charge in [-0.2, -0.15) is 0 Å². The number of nitrogens with zero attached hydrogens (tertiary/aromatic N) is 2. The minimum Gasteiger partial charge on any atom is -0.383 e. The molecule has 0 radical (unpaired) electrons. The van der Waals surface area contributed by atoms with Crippen molar-refractivity contribution in [2.75, 3.05) is 5.73 Å². The van der Waals surface area contributed by atoms with Crippen molar-refractivity contribution in [2.24, 2.45) is 0 Å². The molecule has 0 spiro atoms. The first-order valence-corrected chi connectivity index (χ1v) is 6.12. The lowest BCUT2D eigenvalue weighted by molar-refractivity contribution is 0.810. The van der Waals surface area contributed by atoms with Crippen LogP contribution in [0.3, 0.4) is 0 Å². The molecule has 2 rings (SSSR count). The monoisotopic (exact) mass is 303 g/mol. The van der Waals surface area contributed by atoms with E-state index in [4.69, 9.17) is 5.73 Å². The molecule has 0 amide bonds. The molecule has 1 heterocycles. The van der Waals surface area contributed by atoms with Crippen LogP contribution in [0.2, 0.25) is 0 Å². The predicted molar refractivity (Wildman–Crippen MR) is 65.1 cm³/mol. The maximum absolute atomic E-state index is 5.86. The van der Waals surface area contributed by atoms with Crippen LogP contribution in [-0.4, -0.2) is 9.97 Å². The van der Waals surface area contributed by atoms with Gasteiger partial charge in [-0.25, -0.2) is 9.97 Å². The summed E-state index contributed by atoms with van der Waals surface area (Å²) in [5.41, 5.74) is 7.04. The first-order chi connectivity index (χ1) is 6.72. The second-order valence-corrected chi connectivity index (χ2v) is 4.83. The largest absolute Gasteiger partial charge is 0.383 e. The third-order valence-electron chi connectivity index (χ3n) is 2.39. The molecule has 0 aliphatic heterocycles. The lowest BCUT2D eigenvalue weighted by Gasteiger charge is -2.07. The van der Waals surface area contributed by atoms with Crippen LogP contribution in [0.15, 0.2) is 0 Å². The van der Waals surface area contributed by atoms with E-state index in [9.17, 15) is 0 Å².